The van der Waals surface area contributed by atoms with E-state index < -0.39 is 0 Å². The molecule has 1 atom stereocenters. The highest BCUT2D eigenvalue weighted by Gasteiger charge is 2.34. The van der Waals surface area contributed by atoms with E-state index >= 15 is 0 Å². The zero-order chi connectivity index (χ0) is 9.31. The summed E-state index contributed by atoms with van der Waals surface area (Å²) in [7, 11) is 0. The predicted molar refractivity (Wildman–Crippen MR) is 50.3 cm³/mol. The van der Waals surface area contributed by atoms with Crippen molar-refractivity contribution in [3.8, 4) is 0 Å². The average Bonchev–Trinajstić information content (AvgIpc) is 2.72. The van der Waals surface area contributed by atoms with Crippen LogP contribution in [0.1, 0.15) is 28.8 Å². The lowest BCUT2D eigenvalue weighted by atomic mass is 9.91. The minimum atomic E-state index is 0.0337. The number of ether oxygens (including phenoxy) is 1. The molecule has 0 radical (unpaired) electrons. The maximum Gasteiger partial charge on any atom is 0.169 e. The Kier molecular flexibility index (Phi) is 2.17. The summed E-state index contributed by atoms with van der Waals surface area (Å²) in [5.41, 5.74) is 0.569. The van der Waals surface area contributed by atoms with Crippen LogP contribution in [0.2, 0.25) is 0 Å². The number of carbonyl (C=O) groups excluding carboxylic acids is 1. The Bertz CT molecular complexity index is 315. The van der Waals surface area contributed by atoms with E-state index in [-0.39, 0.29) is 5.41 Å². The first-order chi connectivity index (χ1) is 6.24. The summed E-state index contributed by atoms with van der Waals surface area (Å²) in [6.45, 7) is 3.65. The molecule has 4 heteroatoms. The quantitative estimate of drug-likeness (QED) is 0.676. The summed E-state index contributed by atoms with van der Waals surface area (Å²) in [4.78, 5) is 14.7. The van der Waals surface area contributed by atoms with Crippen molar-refractivity contribution in [2.45, 2.75) is 18.8 Å². The monoisotopic (exact) mass is 197 g/mol. The van der Waals surface area contributed by atoms with Gasteiger partial charge in [0, 0.05) is 17.4 Å². The third-order valence-corrected chi connectivity index (χ3v) is 3.54. The van der Waals surface area contributed by atoms with Gasteiger partial charge in [0.05, 0.1) is 6.61 Å². The lowest BCUT2D eigenvalue weighted by Gasteiger charge is -2.17. The molecule has 13 heavy (non-hydrogen) atoms. The highest BCUT2D eigenvalue weighted by atomic mass is 32.1. The Balaban J connectivity index is 2.28. The number of hydrogen-bond acceptors (Lipinski definition) is 4. The molecule has 0 spiro atoms. The van der Waals surface area contributed by atoms with Crippen LogP contribution in [0.4, 0.5) is 0 Å². The molecule has 1 aliphatic heterocycles. The van der Waals surface area contributed by atoms with Gasteiger partial charge in [0.1, 0.15) is 10.7 Å². The molecule has 1 saturated heterocycles. The third kappa shape index (κ3) is 1.51. The van der Waals surface area contributed by atoms with Gasteiger partial charge < -0.3 is 4.74 Å². The Morgan fingerprint density at radius 1 is 1.77 bits per heavy atom. The third-order valence-electron chi connectivity index (χ3n) is 2.38. The second-order valence-electron chi connectivity index (χ2n) is 3.56. The minimum absolute atomic E-state index is 0.0337. The van der Waals surface area contributed by atoms with Crippen LogP contribution in [0.25, 0.3) is 0 Å². The standard InChI is InChI=1S/C9H11NO2S/c1-9(2-3-12-6-9)8-10-7(4-11)5-13-8/h4-5H,2-3,6H2,1H3. The smallest absolute Gasteiger partial charge is 0.169 e. The average molecular weight is 197 g/mol. The van der Waals surface area contributed by atoms with Gasteiger partial charge in [-0.05, 0) is 6.42 Å². The zero-order valence-electron chi connectivity index (χ0n) is 7.45. The summed E-state index contributed by atoms with van der Waals surface area (Å²) in [5, 5.41) is 2.82. The van der Waals surface area contributed by atoms with E-state index in [1.54, 1.807) is 16.7 Å². The molecule has 1 aromatic heterocycles. The van der Waals surface area contributed by atoms with Crippen LogP contribution in [0.15, 0.2) is 5.38 Å². The van der Waals surface area contributed by atoms with E-state index in [0.29, 0.717) is 5.69 Å². The normalized spacial score (nSPS) is 27.8. The van der Waals surface area contributed by atoms with Gasteiger partial charge >= 0.3 is 0 Å². The molecule has 0 saturated carbocycles. The second kappa shape index (κ2) is 3.20. The summed E-state index contributed by atoms with van der Waals surface area (Å²) in [5.74, 6) is 0. The fourth-order valence-corrected chi connectivity index (χ4v) is 2.40. The lowest BCUT2D eigenvalue weighted by Crippen LogP contribution is -2.21. The molecule has 1 aliphatic rings. The van der Waals surface area contributed by atoms with Gasteiger partial charge in [-0.2, -0.15) is 0 Å². The van der Waals surface area contributed by atoms with E-state index in [1.165, 1.54) is 0 Å². The molecule has 0 amide bonds. The van der Waals surface area contributed by atoms with Crippen LogP contribution in [0.3, 0.4) is 0 Å². The van der Waals surface area contributed by atoms with Crippen molar-refractivity contribution in [1.29, 1.82) is 0 Å². The van der Waals surface area contributed by atoms with Crippen molar-refractivity contribution in [3.63, 3.8) is 0 Å². The van der Waals surface area contributed by atoms with Gasteiger partial charge in [-0.25, -0.2) is 4.98 Å². The van der Waals surface area contributed by atoms with E-state index in [2.05, 4.69) is 11.9 Å². The molecule has 2 rings (SSSR count). The van der Waals surface area contributed by atoms with Gasteiger partial charge in [0.2, 0.25) is 0 Å². The highest BCUT2D eigenvalue weighted by Crippen LogP contribution is 2.34. The summed E-state index contributed by atoms with van der Waals surface area (Å²) < 4.78 is 5.34. The number of thiazole rings is 1. The van der Waals surface area contributed by atoms with Crippen molar-refractivity contribution < 1.29 is 9.53 Å². The first kappa shape index (κ1) is 8.84. The van der Waals surface area contributed by atoms with Crippen LogP contribution in [-0.2, 0) is 10.2 Å². The molecule has 70 valence electrons. The van der Waals surface area contributed by atoms with Crippen LogP contribution < -0.4 is 0 Å². The van der Waals surface area contributed by atoms with Crippen LogP contribution >= 0.6 is 11.3 Å². The lowest BCUT2D eigenvalue weighted by molar-refractivity contribution is 0.111. The molecule has 3 nitrogen and oxygen atoms in total. The fourth-order valence-electron chi connectivity index (χ4n) is 1.45. The number of carbonyl (C=O) groups is 1. The van der Waals surface area contributed by atoms with Gasteiger partial charge in [0.25, 0.3) is 0 Å². The largest absolute Gasteiger partial charge is 0.380 e. The Morgan fingerprint density at radius 2 is 2.62 bits per heavy atom. The van der Waals surface area contributed by atoms with Gasteiger partial charge in [0.15, 0.2) is 6.29 Å². The molecule has 2 heterocycles. The van der Waals surface area contributed by atoms with Crippen LogP contribution in [0, 0.1) is 0 Å². The molecule has 0 bridgehead atoms. The van der Waals surface area contributed by atoms with E-state index in [4.69, 9.17) is 4.74 Å². The number of aldehydes is 1. The summed E-state index contributed by atoms with van der Waals surface area (Å²) in [6.07, 6.45) is 1.79. The molecular formula is C9H11NO2S. The SMILES string of the molecule is CC1(c2nc(C=O)cs2)CCOC1. The molecular weight excluding hydrogens is 186 g/mol. The number of rotatable bonds is 2. The molecule has 0 aromatic carbocycles. The molecule has 1 fully saturated rings. The number of nitrogens with zero attached hydrogens (tertiary/aromatic N) is 1. The van der Waals surface area contributed by atoms with E-state index in [0.717, 1.165) is 30.9 Å². The van der Waals surface area contributed by atoms with Crippen molar-refractivity contribution in [2.75, 3.05) is 13.2 Å². The van der Waals surface area contributed by atoms with E-state index in [1.807, 2.05) is 0 Å². The summed E-state index contributed by atoms with van der Waals surface area (Å²) in [6, 6.07) is 0. The Hall–Kier alpha value is -0.740. The van der Waals surface area contributed by atoms with Gasteiger partial charge in [-0.3, -0.25) is 4.79 Å². The Labute approximate surface area is 80.8 Å². The van der Waals surface area contributed by atoms with Crippen LogP contribution in [0.5, 0.6) is 0 Å². The molecule has 1 aromatic rings. The number of aromatic nitrogens is 1. The molecule has 0 aliphatic carbocycles. The number of hydrogen-bond donors (Lipinski definition) is 0. The fraction of sp³-hybridized carbons (Fsp3) is 0.556. The van der Waals surface area contributed by atoms with Crippen molar-refractivity contribution in [3.05, 3.63) is 16.1 Å². The zero-order valence-corrected chi connectivity index (χ0v) is 8.26. The highest BCUT2D eigenvalue weighted by molar-refractivity contribution is 7.10. The first-order valence-corrected chi connectivity index (χ1v) is 5.11. The van der Waals surface area contributed by atoms with Gasteiger partial charge in [-0.1, -0.05) is 6.92 Å². The molecule has 1 unspecified atom stereocenters. The van der Waals surface area contributed by atoms with Gasteiger partial charge in [-0.15, -0.1) is 11.3 Å². The summed E-state index contributed by atoms with van der Waals surface area (Å²) >= 11 is 1.55. The topological polar surface area (TPSA) is 39.2 Å². The predicted octanol–water partition coefficient (Wildman–Crippen LogP) is 1.63. The van der Waals surface area contributed by atoms with Crippen molar-refractivity contribution >= 4 is 17.6 Å². The first-order valence-electron chi connectivity index (χ1n) is 4.23. The maximum atomic E-state index is 10.5. The van der Waals surface area contributed by atoms with Crippen molar-refractivity contribution in [2.24, 2.45) is 0 Å². The minimum Gasteiger partial charge on any atom is -0.380 e. The maximum absolute atomic E-state index is 10.5. The molecule has 0 N–H and O–H groups in total. The van der Waals surface area contributed by atoms with Crippen LogP contribution in [-0.4, -0.2) is 24.5 Å². The second-order valence-corrected chi connectivity index (χ2v) is 4.42. The van der Waals surface area contributed by atoms with Crippen molar-refractivity contribution in [1.82, 2.24) is 4.98 Å². The Morgan fingerprint density at radius 3 is 3.15 bits per heavy atom. The van der Waals surface area contributed by atoms with E-state index in [9.17, 15) is 4.79 Å².